The first-order valence-corrected chi connectivity index (χ1v) is 6.70. The molecule has 3 nitrogen and oxygen atoms in total. The molecule has 4 heteroatoms. The summed E-state index contributed by atoms with van der Waals surface area (Å²) in [5, 5.41) is 7.70. The summed E-state index contributed by atoms with van der Waals surface area (Å²) in [5.41, 5.74) is 1.79. The van der Waals surface area contributed by atoms with Crippen LogP contribution >= 0.6 is 0 Å². The van der Waals surface area contributed by atoms with Crippen molar-refractivity contribution < 1.29 is 4.39 Å². The molecule has 0 amide bonds. The summed E-state index contributed by atoms with van der Waals surface area (Å²) in [4.78, 5) is 0. The van der Waals surface area contributed by atoms with E-state index in [4.69, 9.17) is 0 Å². The lowest BCUT2D eigenvalue weighted by Gasteiger charge is -2.10. The molecule has 1 N–H and O–H groups in total. The highest BCUT2D eigenvalue weighted by molar-refractivity contribution is 5.18. The maximum absolute atomic E-state index is 13.6. The minimum Gasteiger partial charge on any atom is -0.310 e. The summed E-state index contributed by atoms with van der Waals surface area (Å²) in [6, 6.07) is 7.08. The fourth-order valence-electron chi connectivity index (χ4n) is 1.97. The zero-order valence-corrected chi connectivity index (χ0v) is 11.4. The van der Waals surface area contributed by atoms with Crippen LogP contribution in [0.5, 0.6) is 0 Å². The van der Waals surface area contributed by atoms with Crippen molar-refractivity contribution in [3.63, 3.8) is 0 Å². The van der Waals surface area contributed by atoms with Gasteiger partial charge in [0, 0.05) is 23.4 Å². The summed E-state index contributed by atoms with van der Waals surface area (Å²) in [7, 11) is 0. The summed E-state index contributed by atoms with van der Waals surface area (Å²) < 4.78 is 15.3. The summed E-state index contributed by atoms with van der Waals surface area (Å²) in [5.74, 6) is -0.184. The van der Waals surface area contributed by atoms with Gasteiger partial charge in [0.2, 0.25) is 0 Å². The third-order valence-electron chi connectivity index (χ3n) is 3.14. The highest BCUT2D eigenvalue weighted by Gasteiger charge is 2.08. The molecule has 0 fully saturated rings. The van der Waals surface area contributed by atoms with Gasteiger partial charge in [-0.15, -0.1) is 0 Å². The second-order valence-corrected chi connectivity index (χ2v) is 4.74. The third kappa shape index (κ3) is 3.64. The molecule has 1 heterocycles. The molecule has 0 aliphatic carbocycles. The Morgan fingerprint density at radius 2 is 2.16 bits per heavy atom. The topological polar surface area (TPSA) is 29.9 Å². The van der Waals surface area contributed by atoms with E-state index < -0.39 is 0 Å². The van der Waals surface area contributed by atoms with Crippen LogP contribution in [0.15, 0.2) is 36.7 Å². The van der Waals surface area contributed by atoms with Crippen molar-refractivity contribution in [2.45, 2.75) is 32.9 Å². The van der Waals surface area contributed by atoms with Gasteiger partial charge in [0.25, 0.3) is 0 Å². The third-order valence-corrected chi connectivity index (χ3v) is 3.14. The standard InChI is InChI=1S/C15H20FN3/c1-3-8-17-12(2)14-9-18-19(11-14)10-13-6-4-5-7-15(13)16/h4-7,9,11-12,17H,3,8,10H2,1-2H3. The quantitative estimate of drug-likeness (QED) is 0.865. The predicted octanol–water partition coefficient (Wildman–Crippen LogP) is 3.13. The zero-order valence-electron chi connectivity index (χ0n) is 11.4. The smallest absolute Gasteiger partial charge is 0.128 e. The molecule has 0 aliphatic heterocycles. The molecule has 1 atom stereocenters. The SMILES string of the molecule is CCCNC(C)c1cnn(Cc2ccccc2F)c1. The maximum atomic E-state index is 13.6. The first-order valence-electron chi connectivity index (χ1n) is 6.70. The molecule has 0 saturated heterocycles. The highest BCUT2D eigenvalue weighted by atomic mass is 19.1. The van der Waals surface area contributed by atoms with Crippen LogP contribution in [0.25, 0.3) is 0 Å². The Kier molecular flexibility index (Phi) is 4.68. The summed E-state index contributed by atoms with van der Waals surface area (Å²) in [6.45, 7) is 5.70. The van der Waals surface area contributed by atoms with Crippen LogP contribution in [-0.2, 0) is 6.54 Å². The Morgan fingerprint density at radius 1 is 1.37 bits per heavy atom. The van der Waals surface area contributed by atoms with Crippen molar-refractivity contribution in [2.75, 3.05) is 6.54 Å². The Labute approximate surface area is 113 Å². The zero-order chi connectivity index (χ0) is 13.7. The van der Waals surface area contributed by atoms with Gasteiger partial charge in [0.1, 0.15) is 5.82 Å². The lowest BCUT2D eigenvalue weighted by atomic mass is 10.2. The van der Waals surface area contributed by atoms with E-state index in [2.05, 4.69) is 24.3 Å². The Morgan fingerprint density at radius 3 is 2.89 bits per heavy atom. The molecule has 0 spiro atoms. The molecule has 0 saturated carbocycles. The van der Waals surface area contributed by atoms with E-state index in [1.165, 1.54) is 6.07 Å². The van der Waals surface area contributed by atoms with Gasteiger partial charge >= 0.3 is 0 Å². The second kappa shape index (κ2) is 6.48. The first kappa shape index (κ1) is 13.7. The monoisotopic (exact) mass is 261 g/mol. The van der Waals surface area contributed by atoms with Crippen molar-refractivity contribution in [3.05, 3.63) is 53.6 Å². The van der Waals surface area contributed by atoms with Crippen molar-refractivity contribution in [1.82, 2.24) is 15.1 Å². The van der Waals surface area contributed by atoms with Gasteiger partial charge in [-0.05, 0) is 26.0 Å². The first-order chi connectivity index (χ1) is 9.20. The number of rotatable bonds is 6. The number of nitrogens with zero attached hydrogens (tertiary/aromatic N) is 2. The molecule has 0 radical (unpaired) electrons. The second-order valence-electron chi connectivity index (χ2n) is 4.74. The van der Waals surface area contributed by atoms with E-state index in [1.807, 2.05) is 18.5 Å². The number of benzene rings is 1. The van der Waals surface area contributed by atoms with Gasteiger partial charge in [0.05, 0.1) is 12.7 Å². The molecular weight excluding hydrogens is 241 g/mol. The van der Waals surface area contributed by atoms with Crippen molar-refractivity contribution in [3.8, 4) is 0 Å². The fraction of sp³-hybridized carbons (Fsp3) is 0.400. The number of hydrogen-bond donors (Lipinski definition) is 1. The van der Waals surface area contributed by atoms with Crippen LogP contribution < -0.4 is 5.32 Å². The number of aromatic nitrogens is 2. The number of halogens is 1. The average Bonchev–Trinajstić information content (AvgIpc) is 2.87. The van der Waals surface area contributed by atoms with E-state index in [9.17, 15) is 4.39 Å². The van der Waals surface area contributed by atoms with Gasteiger partial charge in [-0.25, -0.2) is 4.39 Å². The van der Waals surface area contributed by atoms with Crippen LogP contribution in [0.4, 0.5) is 4.39 Å². The van der Waals surface area contributed by atoms with Crippen LogP contribution in [0, 0.1) is 5.82 Å². The van der Waals surface area contributed by atoms with Crippen LogP contribution in [0.3, 0.4) is 0 Å². The van der Waals surface area contributed by atoms with Crippen molar-refractivity contribution in [1.29, 1.82) is 0 Å². The molecule has 102 valence electrons. The Bertz CT molecular complexity index is 522. The summed E-state index contributed by atoms with van der Waals surface area (Å²) in [6.07, 6.45) is 4.92. The van der Waals surface area contributed by atoms with E-state index in [0.717, 1.165) is 18.5 Å². The molecule has 0 bridgehead atoms. The predicted molar refractivity (Wildman–Crippen MR) is 74.4 cm³/mol. The fourth-order valence-corrected chi connectivity index (χ4v) is 1.97. The maximum Gasteiger partial charge on any atom is 0.128 e. The normalized spacial score (nSPS) is 12.6. The van der Waals surface area contributed by atoms with E-state index in [0.29, 0.717) is 12.1 Å². The summed E-state index contributed by atoms with van der Waals surface area (Å²) >= 11 is 0. The molecule has 19 heavy (non-hydrogen) atoms. The van der Waals surface area contributed by atoms with Crippen LogP contribution in [-0.4, -0.2) is 16.3 Å². The van der Waals surface area contributed by atoms with E-state index >= 15 is 0 Å². The largest absolute Gasteiger partial charge is 0.310 e. The van der Waals surface area contributed by atoms with Crippen molar-refractivity contribution in [2.24, 2.45) is 0 Å². The van der Waals surface area contributed by atoms with Gasteiger partial charge in [-0.1, -0.05) is 25.1 Å². The molecular formula is C15H20FN3. The lowest BCUT2D eigenvalue weighted by molar-refractivity contribution is 0.567. The average molecular weight is 261 g/mol. The Balaban J connectivity index is 2.03. The van der Waals surface area contributed by atoms with Gasteiger partial charge in [-0.2, -0.15) is 5.10 Å². The minimum atomic E-state index is -0.184. The van der Waals surface area contributed by atoms with Crippen LogP contribution in [0.1, 0.15) is 37.4 Å². The number of hydrogen-bond acceptors (Lipinski definition) is 2. The molecule has 1 unspecified atom stereocenters. The van der Waals surface area contributed by atoms with Crippen LogP contribution in [0.2, 0.25) is 0 Å². The molecule has 2 rings (SSSR count). The Hall–Kier alpha value is -1.68. The molecule has 0 aliphatic rings. The van der Waals surface area contributed by atoms with Gasteiger partial charge < -0.3 is 5.32 Å². The minimum absolute atomic E-state index is 0.184. The lowest BCUT2D eigenvalue weighted by Crippen LogP contribution is -2.18. The van der Waals surface area contributed by atoms with E-state index in [-0.39, 0.29) is 11.9 Å². The van der Waals surface area contributed by atoms with Gasteiger partial charge in [-0.3, -0.25) is 4.68 Å². The molecule has 1 aromatic heterocycles. The van der Waals surface area contributed by atoms with Crippen molar-refractivity contribution >= 4 is 0 Å². The molecule has 2 aromatic rings. The highest BCUT2D eigenvalue weighted by Crippen LogP contribution is 2.13. The van der Waals surface area contributed by atoms with E-state index in [1.54, 1.807) is 16.8 Å². The molecule has 1 aromatic carbocycles. The number of nitrogens with one attached hydrogen (secondary N) is 1. The van der Waals surface area contributed by atoms with Gasteiger partial charge in [0.15, 0.2) is 0 Å².